The molecule has 8 nitrogen and oxygen atoms in total. The summed E-state index contributed by atoms with van der Waals surface area (Å²) in [6.07, 6.45) is -0.704. The van der Waals surface area contributed by atoms with Gasteiger partial charge in [-0.1, -0.05) is 42.5 Å². The third kappa shape index (κ3) is 6.64. The van der Waals surface area contributed by atoms with Crippen LogP contribution >= 0.6 is 0 Å². The van der Waals surface area contributed by atoms with Gasteiger partial charge in [-0.05, 0) is 30.2 Å². The second-order valence-corrected chi connectivity index (χ2v) is 6.20. The van der Waals surface area contributed by atoms with E-state index >= 15 is 0 Å². The van der Waals surface area contributed by atoms with Gasteiger partial charge >= 0.3 is 12.1 Å². The van der Waals surface area contributed by atoms with Crippen molar-refractivity contribution < 1.29 is 29.3 Å². The smallest absolute Gasteiger partial charge is 0.408 e. The molecule has 0 radical (unpaired) electrons. The van der Waals surface area contributed by atoms with E-state index in [0.29, 0.717) is 5.56 Å². The van der Waals surface area contributed by atoms with E-state index in [0.717, 1.165) is 5.56 Å². The first-order chi connectivity index (χ1) is 13.3. The lowest BCUT2D eigenvalue weighted by Gasteiger charge is -2.20. The van der Waals surface area contributed by atoms with Gasteiger partial charge in [-0.25, -0.2) is 4.79 Å². The predicted octanol–water partition coefficient (Wildman–Crippen LogP) is 1.82. The minimum atomic E-state index is -1.19. The summed E-state index contributed by atoms with van der Waals surface area (Å²) in [5, 5.41) is 23.1. The summed E-state index contributed by atoms with van der Waals surface area (Å²) in [6.45, 7) is 1.36. The zero-order chi connectivity index (χ0) is 20.5. The highest BCUT2D eigenvalue weighted by Crippen LogP contribution is 2.12. The lowest BCUT2D eigenvalue weighted by molar-refractivity contribution is -0.141. The number of amides is 2. The molecular formula is C20H22N2O6. The van der Waals surface area contributed by atoms with Gasteiger partial charge in [0.15, 0.2) is 0 Å². The Labute approximate surface area is 162 Å². The van der Waals surface area contributed by atoms with Crippen LogP contribution in [-0.2, 0) is 27.4 Å². The molecule has 0 unspecified atom stereocenters. The van der Waals surface area contributed by atoms with Crippen molar-refractivity contribution in [2.45, 2.75) is 32.0 Å². The molecule has 2 rings (SSSR count). The maximum Gasteiger partial charge on any atom is 0.408 e. The van der Waals surface area contributed by atoms with Gasteiger partial charge in [-0.3, -0.25) is 9.59 Å². The van der Waals surface area contributed by atoms with Crippen LogP contribution in [0.15, 0.2) is 54.6 Å². The quantitative estimate of drug-likeness (QED) is 0.548. The number of hydrogen-bond donors (Lipinski definition) is 4. The van der Waals surface area contributed by atoms with E-state index in [1.807, 2.05) is 18.2 Å². The number of carboxylic acids is 1. The van der Waals surface area contributed by atoms with Crippen LogP contribution in [-0.4, -0.2) is 40.3 Å². The summed E-state index contributed by atoms with van der Waals surface area (Å²) in [5.74, 6) is -1.78. The molecule has 0 aliphatic heterocycles. The van der Waals surface area contributed by atoms with Crippen LogP contribution in [0, 0.1) is 0 Å². The summed E-state index contributed by atoms with van der Waals surface area (Å²) in [7, 11) is 0. The molecule has 0 aliphatic rings. The molecule has 0 saturated heterocycles. The Kier molecular flexibility index (Phi) is 7.38. The van der Waals surface area contributed by atoms with E-state index in [4.69, 9.17) is 9.84 Å². The number of carboxylic acid groups (broad SMARTS) is 1. The number of aromatic hydroxyl groups is 1. The number of carbonyl (C=O) groups excluding carboxylic acids is 2. The fourth-order valence-electron chi connectivity index (χ4n) is 2.36. The number of rotatable bonds is 8. The highest BCUT2D eigenvalue weighted by molar-refractivity contribution is 5.89. The Morgan fingerprint density at radius 2 is 1.61 bits per heavy atom. The molecule has 0 bridgehead atoms. The van der Waals surface area contributed by atoms with Crippen molar-refractivity contribution in [2.75, 3.05) is 0 Å². The van der Waals surface area contributed by atoms with Crippen molar-refractivity contribution in [2.24, 2.45) is 0 Å². The molecule has 2 atom stereocenters. The zero-order valence-corrected chi connectivity index (χ0v) is 15.3. The van der Waals surface area contributed by atoms with E-state index < -0.39 is 30.1 Å². The monoisotopic (exact) mass is 386 g/mol. The molecule has 0 saturated carbocycles. The number of phenolic OH excluding ortho intramolecular Hbond substituents is 1. The van der Waals surface area contributed by atoms with Crippen LogP contribution in [0.4, 0.5) is 4.79 Å². The third-order valence-electron chi connectivity index (χ3n) is 3.93. The topological polar surface area (TPSA) is 125 Å². The van der Waals surface area contributed by atoms with Crippen molar-refractivity contribution in [3.63, 3.8) is 0 Å². The Hall–Kier alpha value is -3.55. The average Bonchev–Trinajstić information content (AvgIpc) is 2.68. The van der Waals surface area contributed by atoms with Crippen LogP contribution in [0.25, 0.3) is 0 Å². The fraction of sp³-hybridized carbons (Fsp3) is 0.250. The second-order valence-electron chi connectivity index (χ2n) is 6.20. The maximum atomic E-state index is 12.4. The first-order valence-electron chi connectivity index (χ1n) is 8.63. The summed E-state index contributed by atoms with van der Waals surface area (Å²) in [6, 6.07) is 13.0. The van der Waals surface area contributed by atoms with Crippen molar-refractivity contribution in [3.8, 4) is 5.75 Å². The van der Waals surface area contributed by atoms with E-state index in [-0.39, 0.29) is 18.8 Å². The molecule has 8 heteroatoms. The van der Waals surface area contributed by atoms with E-state index in [9.17, 15) is 19.5 Å². The Balaban J connectivity index is 2.03. The van der Waals surface area contributed by atoms with Crippen LogP contribution in [0.2, 0.25) is 0 Å². The minimum absolute atomic E-state index is 0.0335. The predicted molar refractivity (Wildman–Crippen MR) is 101 cm³/mol. The number of phenols is 1. The average molecular weight is 386 g/mol. The van der Waals surface area contributed by atoms with Crippen LogP contribution in [0.5, 0.6) is 5.75 Å². The highest BCUT2D eigenvalue weighted by atomic mass is 16.5. The van der Waals surface area contributed by atoms with Gasteiger partial charge in [-0.15, -0.1) is 0 Å². The van der Waals surface area contributed by atoms with E-state index in [2.05, 4.69) is 10.6 Å². The van der Waals surface area contributed by atoms with E-state index in [1.54, 1.807) is 24.3 Å². The number of ether oxygens (including phenoxy) is 1. The normalized spacial score (nSPS) is 12.5. The maximum absolute atomic E-state index is 12.4. The standard InChI is InChI=1S/C20H22N2O6/c1-13(19(25)26)21-18(24)17(11-14-7-9-16(23)10-8-14)22-20(27)28-12-15-5-3-2-4-6-15/h2-10,13,17,23H,11-12H2,1H3,(H,21,24)(H,22,27)(H,25,26)/t13-,17-/m1/s1. The number of carbonyl (C=O) groups is 3. The second kappa shape index (κ2) is 9.96. The fourth-order valence-corrected chi connectivity index (χ4v) is 2.36. The molecule has 0 heterocycles. The Bertz CT molecular complexity index is 807. The summed E-state index contributed by atoms with van der Waals surface area (Å²) < 4.78 is 5.13. The van der Waals surface area contributed by atoms with Crippen LogP contribution < -0.4 is 10.6 Å². The molecular weight excluding hydrogens is 364 g/mol. The molecule has 2 aromatic carbocycles. The SMILES string of the molecule is C[C@@H](NC(=O)[C@@H](Cc1ccc(O)cc1)NC(=O)OCc1ccccc1)C(=O)O. The summed E-state index contributed by atoms with van der Waals surface area (Å²) in [5.41, 5.74) is 1.46. The number of aliphatic carboxylic acids is 1. The number of alkyl carbamates (subject to hydrolysis) is 1. The van der Waals surface area contributed by atoms with Gasteiger partial charge in [0.25, 0.3) is 0 Å². The lowest BCUT2D eigenvalue weighted by atomic mass is 10.0. The molecule has 2 aromatic rings. The highest BCUT2D eigenvalue weighted by Gasteiger charge is 2.25. The van der Waals surface area contributed by atoms with Gasteiger partial charge < -0.3 is 25.6 Å². The first kappa shape index (κ1) is 20.8. The number of nitrogens with one attached hydrogen (secondary N) is 2. The first-order valence-corrected chi connectivity index (χ1v) is 8.63. The van der Waals surface area contributed by atoms with Gasteiger partial charge in [-0.2, -0.15) is 0 Å². The molecule has 0 fully saturated rings. The Morgan fingerprint density at radius 3 is 2.21 bits per heavy atom. The minimum Gasteiger partial charge on any atom is -0.508 e. The van der Waals surface area contributed by atoms with Gasteiger partial charge in [0.2, 0.25) is 5.91 Å². The molecule has 148 valence electrons. The molecule has 4 N–H and O–H groups in total. The molecule has 0 aliphatic carbocycles. The van der Waals surface area contributed by atoms with Crippen LogP contribution in [0.1, 0.15) is 18.1 Å². The van der Waals surface area contributed by atoms with Gasteiger partial charge in [0, 0.05) is 6.42 Å². The largest absolute Gasteiger partial charge is 0.508 e. The molecule has 2 amide bonds. The Morgan fingerprint density at radius 1 is 0.964 bits per heavy atom. The van der Waals surface area contributed by atoms with Crippen LogP contribution in [0.3, 0.4) is 0 Å². The van der Waals surface area contributed by atoms with Gasteiger partial charge in [0.1, 0.15) is 24.4 Å². The van der Waals surface area contributed by atoms with Gasteiger partial charge in [0.05, 0.1) is 0 Å². The number of hydrogen-bond acceptors (Lipinski definition) is 5. The number of benzene rings is 2. The van der Waals surface area contributed by atoms with Crippen molar-refractivity contribution >= 4 is 18.0 Å². The molecule has 0 aromatic heterocycles. The summed E-state index contributed by atoms with van der Waals surface area (Å²) >= 11 is 0. The van der Waals surface area contributed by atoms with Crippen molar-refractivity contribution in [1.29, 1.82) is 0 Å². The van der Waals surface area contributed by atoms with E-state index in [1.165, 1.54) is 19.1 Å². The van der Waals surface area contributed by atoms with Crippen molar-refractivity contribution in [3.05, 3.63) is 65.7 Å². The lowest BCUT2D eigenvalue weighted by Crippen LogP contribution is -2.51. The molecule has 0 spiro atoms. The van der Waals surface area contributed by atoms with Crippen molar-refractivity contribution in [1.82, 2.24) is 10.6 Å². The zero-order valence-electron chi connectivity index (χ0n) is 15.3. The molecule has 28 heavy (non-hydrogen) atoms. The third-order valence-corrected chi connectivity index (χ3v) is 3.93. The summed E-state index contributed by atoms with van der Waals surface area (Å²) in [4.78, 5) is 35.6.